The van der Waals surface area contributed by atoms with Crippen molar-refractivity contribution in [2.24, 2.45) is 0 Å². The van der Waals surface area contributed by atoms with E-state index in [0.29, 0.717) is 5.82 Å². The van der Waals surface area contributed by atoms with Crippen LogP contribution in [0.2, 0.25) is 5.15 Å². The van der Waals surface area contributed by atoms with Gasteiger partial charge >= 0.3 is 5.69 Å². The Kier molecular flexibility index (Phi) is 3.65. The monoisotopic (exact) mass is 270 g/mol. The molecule has 2 atom stereocenters. The first-order valence-electron chi connectivity index (χ1n) is 5.95. The van der Waals surface area contributed by atoms with E-state index < -0.39 is 4.92 Å². The van der Waals surface area contributed by atoms with Crippen LogP contribution in [0.15, 0.2) is 6.33 Å². The van der Waals surface area contributed by atoms with Crippen LogP contribution in [-0.2, 0) is 0 Å². The smallest absolute Gasteiger partial charge is 0.345 e. The van der Waals surface area contributed by atoms with E-state index in [1.165, 1.54) is 6.33 Å². The lowest BCUT2D eigenvalue weighted by atomic mass is 9.97. The number of anilines is 1. The van der Waals surface area contributed by atoms with Crippen molar-refractivity contribution >= 4 is 23.1 Å². The highest BCUT2D eigenvalue weighted by Gasteiger charge is 2.33. The molecular formula is C11H15ClN4O2. The van der Waals surface area contributed by atoms with Gasteiger partial charge in [-0.3, -0.25) is 10.1 Å². The summed E-state index contributed by atoms with van der Waals surface area (Å²) in [5, 5.41) is 11.0. The minimum Gasteiger partial charge on any atom is -0.345 e. The molecule has 0 amide bonds. The van der Waals surface area contributed by atoms with Crippen molar-refractivity contribution in [3.63, 3.8) is 0 Å². The third-order valence-electron chi connectivity index (χ3n) is 3.38. The zero-order valence-electron chi connectivity index (χ0n) is 10.3. The summed E-state index contributed by atoms with van der Waals surface area (Å²) in [6.45, 7) is 4.10. The Morgan fingerprint density at radius 2 is 2.00 bits per heavy atom. The molecule has 0 radical (unpaired) electrons. The molecule has 0 saturated carbocycles. The quantitative estimate of drug-likeness (QED) is 0.469. The predicted molar refractivity (Wildman–Crippen MR) is 69.0 cm³/mol. The molecule has 1 aromatic heterocycles. The number of rotatable bonds is 2. The molecule has 7 heteroatoms. The third kappa shape index (κ3) is 2.25. The average molecular weight is 271 g/mol. The number of piperidine rings is 1. The number of halogens is 1. The summed E-state index contributed by atoms with van der Waals surface area (Å²) >= 11 is 5.82. The molecule has 2 rings (SSSR count). The zero-order valence-corrected chi connectivity index (χ0v) is 11.1. The SMILES string of the molecule is C[C@H]1CCC[C@H](C)N1c1ncnc(Cl)c1[N+](=O)[O-]. The Hall–Kier alpha value is -1.43. The van der Waals surface area contributed by atoms with E-state index in [0.717, 1.165) is 19.3 Å². The summed E-state index contributed by atoms with van der Waals surface area (Å²) in [6.07, 6.45) is 4.41. The molecule has 18 heavy (non-hydrogen) atoms. The van der Waals surface area contributed by atoms with Gasteiger partial charge in [-0.05, 0) is 33.1 Å². The second-order valence-corrected chi connectivity index (χ2v) is 4.99. The fraction of sp³-hybridized carbons (Fsp3) is 0.636. The number of hydrogen-bond acceptors (Lipinski definition) is 5. The lowest BCUT2D eigenvalue weighted by Gasteiger charge is -2.39. The van der Waals surface area contributed by atoms with Crippen LogP contribution in [0.4, 0.5) is 11.5 Å². The fourth-order valence-corrected chi connectivity index (χ4v) is 2.73. The molecule has 1 saturated heterocycles. The Labute approximate surface area is 110 Å². The molecule has 0 aromatic carbocycles. The molecule has 1 aliphatic heterocycles. The van der Waals surface area contributed by atoms with Gasteiger partial charge in [-0.2, -0.15) is 0 Å². The Morgan fingerprint density at radius 3 is 2.56 bits per heavy atom. The van der Waals surface area contributed by atoms with Gasteiger partial charge in [0.25, 0.3) is 0 Å². The van der Waals surface area contributed by atoms with Gasteiger partial charge in [0, 0.05) is 12.1 Å². The summed E-state index contributed by atoms with van der Waals surface area (Å²) in [6, 6.07) is 0.442. The molecule has 2 heterocycles. The molecule has 1 fully saturated rings. The molecular weight excluding hydrogens is 256 g/mol. The van der Waals surface area contributed by atoms with E-state index in [1.54, 1.807) is 0 Å². The summed E-state index contributed by atoms with van der Waals surface area (Å²) in [5.74, 6) is 0.333. The molecule has 0 bridgehead atoms. The van der Waals surface area contributed by atoms with Gasteiger partial charge in [-0.25, -0.2) is 9.97 Å². The maximum Gasteiger partial charge on any atom is 0.348 e. The third-order valence-corrected chi connectivity index (χ3v) is 3.66. The first kappa shape index (κ1) is 13.0. The van der Waals surface area contributed by atoms with E-state index >= 15 is 0 Å². The lowest BCUT2D eigenvalue weighted by molar-refractivity contribution is -0.384. The first-order chi connectivity index (χ1) is 8.52. The van der Waals surface area contributed by atoms with Gasteiger partial charge in [0.05, 0.1) is 4.92 Å². The average Bonchev–Trinajstić information content (AvgIpc) is 2.28. The maximum absolute atomic E-state index is 11.1. The molecule has 0 spiro atoms. The van der Waals surface area contributed by atoms with Crippen LogP contribution in [0.5, 0.6) is 0 Å². The number of hydrogen-bond donors (Lipinski definition) is 0. The van der Waals surface area contributed by atoms with Crippen LogP contribution >= 0.6 is 11.6 Å². The highest BCUT2D eigenvalue weighted by atomic mass is 35.5. The van der Waals surface area contributed by atoms with Crippen molar-refractivity contribution in [3.8, 4) is 0 Å². The molecule has 98 valence electrons. The van der Waals surface area contributed by atoms with E-state index in [1.807, 2.05) is 4.90 Å². The molecule has 1 aliphatic rings. The maximum atomic E-state index is 11.1. The Balaban J connectivity index is 2.49. The van der Waals surface area contributed by atoms with Crippen molar-refractivity contribution in [1.29, 1.82) is 0 Å². The highest BCUT2D eigenvalue weighted by molar-refractivity contribution is 6.31. The predicted octanol–water partition coefficient (Wildman–Crippen LogP) is 2.81. The minimum atomic E-state index is -0.508. The number of nitro groups is 1. The molecule has 0 unspecified atom stereocenters. The first-order valence-corrected chi connectivity index (χ1v) is 6.33. The van der Waals surface area contributed by atoms with Crippen LogP contribution < -0.4 is 4.90 Å². The topological polar surface area (TPSA) is 72.2 Å². The van der Waals surface area contributed by atoms with E-state index in [9.17, 15) is 10.1 Å². The van der Waals surface area contributed by atoms with E-state index in [-0.39, 0.29) is 22.9 Å². The van der Waals surface area contributed by atoms with Gasteiger partial charge in [0.2, 0.25) is 11.0 Å². The lowest BCUT2D eigenvalue weighted by Crippen LogP contribution is -2.44. The van der Waals surface area contributed by atoms with Gasteiger partial charge in [0.15, 0.2) is 0 Å². The van der Waals surface area contributed by atoms with Crippen molar-refractivity contribution < 1.29 is 4.92 Å². The van der Waals surface area contributed by atoms with Crippen LogP contribution in [0.25, 0.3) is 0 Å². The Morgan fingerprint density at radius 1 is 1.39 bits per heavy atom. The van der Waals surface area contributed by atoms with Gasteiger partial charge in [0.1, 0.15) is 6.33 Å². The molecule has 0 aliphatic carbocycles. The largest absolute Gasteiger partial charge is 0.348 e. The standard InChI is InChI=1S/C11H15ClN4O2/c1-7-4-3-5-8(2)15(7)11-9(16(17)18)10(12)13-6-14-11/h6-8H,3-5H2,1-2H3/t7-,8-/m0/s1. The van der Waals surface area contributed by atoms with Crippen molar-refractivity contribution in [2.75, 3.05) is 4.90 Å². The summed E-state index contributed by atoms with van der Waals surface area (Å²) < 4.78 is 0. The van der Waals surface area contributed by atoms with Crippen LogP contribution in [0.1, 0.15) is 33.1 Å². The number of aromatic nitrogens is 2. The summed E-state index contributed by atoms with van der Waals surface area (Å²) in [4.78, 5) is 20.4. The fourth-order valence-electron chi connectivity index (χ4n) is 2.53. The highest BCUT2D eigenvalue weighted by Crippen LogP contribution is 2.36. The van der Waals surface area contributed by atoms with Crippen LogP contribution in [0.3, 0.4) is 0 Å². The molecule has 1 aromatic rings. The Bertz CT molecular complexity index is 458. The minimum absolute atomic E-state index is 0.102. The van der Waals surface area contributed by atoms with E-state index in [4.69, 9.17) is 11.6 Å². The second-order valence-electron chi connectivity index (χ2n) is 4.63. The number of nitrogens with zero attached hydrogens (tertiary/aromatic N) is 4. The van der Waals surface area contributed by atoms with Crippen LogP contribution in [-0.4, -0.2) is 27.0 Å². The second kappa shape index (κ2) is 5.06. The molecule has 6 nitrogen and oxygen atoms in total. The summed E-state index contributed by atoms with van der Waals surface area (Å²) in [5.41, 5.74) is -0.195. The van der Waals surface area contributed by atoms with Gasteiger partial charge in [-0.1, -0.05) is 11.6 Å². The van der Waals surface area contributed by atoms with Gasteiger partial charge < -0.3 is 4.90 Å². The molecule has 0 N–H and O–H groups in total. The zero-order chi connectivity index (χ0) is 13.3. The van der Waals surface area contributed by atoms with Gasteiger partial charge in [-0.15, -0.1) is 0 Å². The summed E-state index contributed by atoms with van der Waals surface area (Å²) in [7, 11) is 0. The van der Waals surface area contributed by atoms with Crippen LogP contribution in [0, 0.1) is 10.1 Å². The van der Waals surface area contributed by atoms with Crippen molar-refractivity contribution in [3.05, 3.63) is 21.6 Å². The normalized spacial score (nSPS) is 24.1. The van der Waals surface area contributed by atoms with Crippen molar-refractivity contribution in [1.82, 2.24) is 9.97 Å². The van der Waals surface area contributed by atoms with E-state index in [2.05, 4.69) is 23.8 Å². The van der Waals surface area contributed by atoms with Crippen molar-refractivity contribution in [2.45, 2.75) is 45.2 Å².